The first-order valence-electron chi connectivity index (χ1n) is 6.53. The van der Waals surface area contributed by atoms with Crippen LogP contribution in [0.1, 0.15) is 38.9 Å². The number of rotatable bonds is 4. The van der Waals surface area contributed by atoms with E-state index in [4.69, 9.17) is 0 Å². The first-order chi connectivity index (χ1) is 7.79. The van der Waals surface area contributed by atoms with Crippen LogP contribution in [0.15, 0.2) is 12.4 Å². The van der Waals surface area contributed by atoms with Crippen LogP contribution >= 0.6 is 0 Å². The first-order valence-corrected chi connectivity index (χ1v) is 6.53. The molecule has 1 N–H and O–H groups in total. The van der Waals surface area contributed by atoms with Crippen molar-refractivity contribution in [2.24, 2.45) is 5.92 Å². The standard InChI is InChI=1S/C13H23N3/c1-3-7-16-8-6-14-13(16)9-12-5-4-11(2)10-15-12/h6,8,11-12,15H,3-5,7,9-10H2,1-2H3. The Morgan fingerprint density at radius 3 is 3.06 bits per heavy atom. The lowest BCUT2D eigenvalue weighted by Crippen LogP contribution is -2.39. The number of nitrogens with one attached hydrogen (secondary N) is 1. The van der Waals surface area contributed by atoms with E-state index >= 15 is 0 Å². The second-order valence-electron chi connectivity index (χ2n) is 5.03. The number of hydrogen-bond acceptors (Lipinski definition) is 2. The van der Waals surface area contributed by atoms with Crippen LogP contribution < -0.4 is 5.32 Å². The average molecular weight is 221 g/mol. The lowest BCUT2D eigenvalue weighted by molar-refractivity contribution is 0.321. The van der Waals surface area contributed by atoms with Gasteiger partial charge in [-0.3, -0.25) is 0 Å². The summed E-state index contributed by atoms with van der Waals surface area (Å²) in [6, 6.07) is 0.634. The Morgan fingerprint density at radius 1 is 1.50 bits per heavy atom. The van der Waals surface area contributed by atoms with E-state index < -0.39 is 0 Å². The zero-order chi connectivity index (χ0) is 11.4. The van der Waals surface area contributed by atoms with Crippen molar-refractivity contribution in [3.05, 3.63) is 18.2 Å². The van der Waals surface area contributed by atoms with E-state index in [0.29, 0.717) is 6.04 Å². The predicted octanol–water partition coefficient (Wildman–Crippen LogP) is 2.22. The highest BCUT2D eigenvalue weighted by Gasteiger charge is 2.19. The maximum absolute atomic E-state index is 4.47. The molecule has 0 bridgehead atoms. The van der Waals surface area contributed by atoms with Gasteiger partial charge in [0.15, 0.2) is 0 Å². The summed E-state index contributed by atoms with van der Waals surface area (Å²) in [5.41, 5.74) is 0. The monoisotopic (exact) mass is 221 g/mol. The zero-order valence-electron chi connectivity index (χ0n) is 10.4. The lowest BCUT2D eigenvalue weighted by atomic mass is 9.94. The summed E-state index contributed by atoms with van der Waals surface area (Å²) < 4.78 is 2.29. The fourth-order valence-electron chi connectivity index (χ4n) is 2.43. The third-order valence-electron chi connectivity index (χ3n) is 3.46. The van der Waals surface area contributed by atoms with Crippen molar-refractivity contribution in [2.45, 2.75) is 52.1 Å². The fourth-order valence-corrected chi connectivity index (χ4v) is 2.43. The highest BCUT2D eigenvalue weighted by molar-refractivity contribution is 4.96. The number of piperidine rings is 1. The lowest BCUT2D eigenvalue weighted by Gasteiger charge is -2.27. The molecular weight excluding hydrogens is 198 g/mol. The van der Waals surface area contributed by atoms with Crippen molar-refractivity contribution < 1.29 is 0 Å². The van der Waals surface area contributed by atoms with Gasteiger partial charge in [-0.25, -0.2) is 4.98 Å². The largest absolute Gasteiger partial charge is 0.335 e. The third-order valence-corrected chi connectivity index (χ3v) is 3.46. The second kappa shape index (κ2) is 5.48. The van der Waals surface area contributed by atoms with E-state index in [1.807, 2.05) is 6.20 Å². The van der Waals surface area contributed by atoms with Gasteiger partial charge in [-0.15, -0.1) is 0 Å². The summed E-state index contributed by atoms with van der Waals surface area (Å²) in [5, 5.41) is 3.62. The molecule has 1 saturated heterocycles. The van der Waals surface area contributed by atoms with Gasteiger partial charge in [0.1, 0.15) is 5.82 Å². The van der Waals surface area contributed by atoms with E-state index in [0.717, 1.165) is 18.9 Å². The number of aromatic nitrogens is 2. The Bertz CT molecular complexity index is 311. The molecule has 0 aliphatic carbocycles. The van der Waals surface area contributed by atoms with E-state index in [-0.39, 0.29) is 0 Å². The minimum atomic E-state index is 0.634. The molecule has 2 heterocycles. The van der Waals surface area contributed by atoms with Crippen molar-refractivity contribution in [3.8, 4) is 0 Å². The zero-order valence-corrected chi connectivity index (χ0v) is 10.4. The molecule has 1 aromatic rings. The number of aryl methyl sites for hydroxylation is 1. The molecule has 2 atom stereocenters. The molecule has 1 aliphatic rings. The molecule has 2 unspecified atom stereocenters. The van der Waals surface area contributed by atoms with E-state index in [1.165, 1.54) is 31.6 Å². The van der Waals surface area contributed by atoms with Gasteiger partial charge in [-0.05, 0) is 31.7 Å². The average Bonchev–Trinajstić information content (AvgIpc) is 2.70. The maximum atomic E-state index is 4.47. The van der Waals surface area contributed by atoms with Crippen molar-refractivity contribution in [1.29, 1.82) is 0 Å². The molecule has 90 valence electrons. The van der Waals surface area contributed by atoms with Crippen LogP contribution in [0, 0.1) is 5.92 Å². The summed E-state index contributed by atoms with van der Waals surface area (Å²) in [7, 11) is 0. The van der Waals surface area contributed by atoms with Crippen molar-refractivity contribution in [1.82, 2.24) is 14.9 Å². The molecule has 1 aromatic heterocycles. The Labute approximate surface area is 98.3 Å². The Balaban J connectivity index is 1.90. The fraction of sp³-hybridized carbons (Fsp3) is 0.769. The molecule has 0 aromatic carbocycles. The van der Waals surface area contributed by atoms with Gasteiger partial charge >= 0.3 is 0 Å². The Kier molecular flexibility index (Phi) is 3.99. The SMILES string of the molecule is CCCn1ccnc1CC1CCC(C)CN1. The summed E-state index contributed by atoms with van der Waals surface area (Å²) in [6.45, 7) is 6.79. The Morgan fingerprint density at radius 2 is 2.38 bits per heavy atom. The summed E-state index contributed by atoms with van der Waals surface area (Å²) >= 11 is 0. The molecule has 16 heavy (non-hydrogen) atoms. The third kappa shape index (κ3) is 2.85. The highest BCUT2D eigenvalue weighted by atomic mass is 15.1. The van der Waals surface area contributed by atoms with Gasteiger partial charge in [-0.2, -0.15) is 0 Å². The molecular formula is C13H23N3. The number of imidazole rings is 1. The normalized spacial score (nSPS) is 25.9. The Hall–Kier alpha value is -0.830. The van der Waals surface area contributed by atoms with Crippen LogP contribution in [0.5, 0.6) is 0 Å². The smallest absolute Gasteiger partial charge is 0.110 e. The van der Waals surface area contributed by atoms with Gasteiger partial charge in [0.05, 0.1) is 0 Å². The predicted molar refractivity (Wildman–Crippen MR) is 66.4 cm³/mol. The molecule has 0 spiro atoms. The minimum absolute atomic E-state index is 0.634. The van der Waals surface area contributed by atoms with Gasteiger partial charge in [0, 0.05) is 31.4 Å². The molecule has 0 saturated carbocycles. The van der Waals surface area contributed by atoms with Gasteiger partial charge < -0.3 is 9.88 Å². The molecule has 2 rings (SSSR count). The quantitative estimate of drug-likeness (QED) is 0.845. The minimum Gasteiger partial charge on any atom is -0.335 e. The topological polar surface area (TPSA) is 29.9 Å². The summed E-state index contributed by atoms with van der Waals surface area (Å²) in [4.78, 5) is 4.47. The molecule has 3 nitrogen and oxygen atoms in total. The van der Waals surface area contributed by atoms with E-state index in [1.54, 1.807) is 0 Å². The molecule has 0 radical (unpaired) electrons. The van der Waals surface area contributed by atoms with Crippen LogP contribution in [0.25, 0.3) is 0 Å². The first kappa shape index (κ1) is 11.6. The van der Waals surface area contributed by atoms with Crippen LogP contribution in [0.2, 0.25) is 0 Å². The van der Waals surface area contributed by atoms with Crippen molar-refractivity contribution >= 4 is 0 Å². The second-order valence-corrected chi connectivity index (χ2v) is 5.03. The van der Waals surface area contributed by atoms with Crippen molar-refractivity contribution in [2.75, 3.05) is 6.54 Å². The van der Waals surface area contributed by atoms with Crippen LogP contribution in [0.3, 0.4) is 0 Å². The molecule has 3 heteroatoms. The van der Waals surface area contributed by atoms with E-state index in [2.05, 4.69) is 34.9 Å². The van der Waals surface area contributed by atoms with Crippen LogP contribution in [-0.2, 0) is 13.0 Å². The maximum Gasteiger partial charge on any atom is 0.110 e. The van der Waals surface area contributed by atoms with Gasteiger partial charge in [0.2, 0.25) is 0 Å². The molecule has 1 aliphatic heterocycles. The summed E-state index contributed by atoms with van der Waals surface area (Å²) in [5.74, 6) is 2.08. The van der Waals surface area contributed by atoms with Gasteiger partial charge in [-0.1, -0.05) is 13.8 Å². The number of hydrogen-bond donors (Lipinski definition) is 1. The van der Waals surface area contributed by atoms with Gasteiger partial charge in [0.25, 0.3) is 0 Å². The summed E-state index contributed by atoms with van der Waals surface area (Å²) in [6.07, 6.45) is 8.94. The van der Waals surface area contributed by atoms with Crippen LogP contribution in [0.4, 0.5) is 0 Å². The van der Waals surface area contributed by atoms with E-state index in [9.17, 15) is 0 Å². The molecule has 1 fully saturated rings. The number of nitrogens with zero attached hydrogens (tertiary/aromatic N) is 2. The van der Waals surface area contributed by atoms with Crippen molar-refractivity contribution in [3.63, 3.8) is 0 Å². The molecule has 0 amide bonds. The van der Waals surface area contributed by atoms with Crippen LogP contribution in [-0.4, -0.2) is 22.1 Å². The highest BCUT2D eigenvalue weighted by Crippen LogP contribution is 2.16.